The lowest BCUT2D eigenvalue weighted by atomic mass is 9.83. The second kappa shape index (κ2) is 8.03. The van der Waals surface area contributed by atoms with Crippen molar-refractivity contribution in [2.24, 2.45) is 0 Å². The van der Waals surface area contributed by atoms with Crippen LogP contribution in [0.5, 0.6) is 0 Å². The average Bonchev–Trinajstić information content (AvgIpc) is 2.52. The molecule has 2 unspecified atom stereocenters. The second-order valence-electron chi connectivity index (χ2n) is 5.76. The number of aryl methyl sites for hydroxylation is 1. The van der Waals surface area contributed by atoms with Gasteiger partial charge in [0.1, 0.15) is 0 Å². The Balaban J connectivity index is 1.85. The minimum Gasteiger partial charge on any atom is -0.396 e. The van der Waals surface area contributed by atoms with Gasteiger partial charge in [-0.05, 0) is 43.2 Å². The first kappa shape index (κ1) is 15.8. The minimum atomic E-state index is -0.127. The zero-order valence-electron chi connectivity index (χ0n) is 12.8. The fourth-order valence-corrected chi connectivity index (χ4v) is 3.05. The lowest BCUT2D eigenvalue weighted by molar-refractivity contribution is 0.227. The monoisotopic (exact) mass is 290 g/mol. The van der Waals surface area contributed by atoms with Gasteiger partial charge in [-0.1, -0.05) is 31.2 Å². The first-order valence-electron chi connectivity index (χ1n) is 7.97. The average molecular weight is 290 g/mol. The number of carbonyl (C=O) groups excluding carboxylic acids is 1. The zero-order chi connectivity index (χ0) is 15.1. The van der Waals surface area contributed by atoms with Gasteiger partial charge in [0.05, 0.1) is 0 Å². The molecule has 0 fully saturated rings. The van der Waals surface area contributed by atoms with Crippen molar-refractivity contribution in [3.63, 3.8) is 0 Å². The van der Waals surface area contributed by atoms with Crippen LogP contribution in [0.4, 0.5) is 4.79 Å². The van der Waals surface area contributed by atoms with Crippen LogP contribution in [0.15, 0.2) is 24.3 Å². The molecule has 0 aliphatic heterocycles. The van der Waals surface area contributed by atoms with Gasteiger partial charge in [-0.15, -0.1) is 0 Å². The third-order valence-corrected chi connectivity index (χ3v) is 4.31. The van der Waals surface area contributed by atoms with Gasteiger partial charge in [-0.2, -0.15) is 0 Å². The summed E-state index contributed by atoms with van der Waals surface area (Å²) in [6.07, 6.45) is 4.90. The molecular weight excluding hydrogens is 264 g/mol. The topological polar surface area (TPSA) is 61.4 Å². The molecular formula is C17H26N2O2. The number of benzene rings is 1. The van der Waals surface area contributed by atoms with Crippen molar-refractivity contribution >= 4 is 6.03 Å². The summed E-state index contributed by atoms with van der Waals surface area (Å²) < 4.78 is 0. The van der Waals surface area contributed by atoms with E-state index < -0.39 is 0 Å². The van der Waals surface area contributed by atoms with Crippen LogP contribution in [0.2, 0.25) is 0 Å². The Hall–Kier alpha value is -1.55. The van der Waals surface area contributed by atoms with Crippen molar-refractivity contribution in [2.45, 2.75) is 51.0 Å². The molecule has 1 aromatic carbocycles. The molecule has 2 atom stereocenters. The second-order valence-corrected chi connectivity index (χ2v) is 5.76. The first-order chi connectivity index (χ1) is 10.2. The maximum absolute atomic E-state index is 11.9. The number of nitrogens with one attached hydrogen (secondary N) is 2. The lowest BCUT2D eigenvalue weighted by Crippen LogP contribution is -2.43. The Morgan fingerprint density at radius 1 is 1.43 bits per heavy atom. The lowest BCUT2D eigenvalue weighted by Gasteiger charge is -2.26. The highest BCUT2D eigenvalue weighted by Crippen LogP contribution is 2.30. The third-order valence-electron chi connectivity index (χ3n) is 4.31. The van der Waals surface area contributed by atoms with E-state index in [1.165, 1.54) is 17.5 Å². The van der Waals surface area contributed by atoms with Gasteiger partial charge in [0, 0.05) is 25.1 Å². The van der Waals surface area contributed by atoms with Crippen LogP contribution in [0.25, 0.3) is 0 Å². The molecule has 1 aromatic rings. The van der Waals surface area contributed by atoms with Crippen LogP contribution in [0.1, 0.15) is 49.7 Å². The summed E-state index contributed by atoms with van der Waals surface area (Å²) in [5, 5.41) is 14.9. The summed E-state index contributed by atoms with van der Waals surface area (Å²) in [6, 6.07) is 8.45. The standard InChI is InChI=1S/C17H26N2O2/c1-2-15(10-11-20)19-17(21)18-12-14-8-5-7-13-6-3-4-9-16(13)14/h3-4,6,9,14-15,20H,2,5,7-8,10-12H2,1H3,(H2,18,19,21). The van der Waals surface area contributed by atoms with E-state index in [0.717, 1.165) is 19.3 Å². The molecule has 0 aromatic heterocycles. The number of rotatable bonds is 6. The van der Waals surface area contributed by atoms with E-state index in [9.17, 15) is 4.79 Å². The van der Waals surface area contributed by atoms with Crippen LogP contribution in [0.3, 0.4) is 0 Å². The molecule has 2 amide bonds. The van der Waals surface area contributed by atoms with E-state index in [1.807, 2.05) is 6.92 Å². The number of hydrogen-bond acceptors (Lipinski definition) is 2. The molecule has 0 bridgehead atoms. The van der Waals surface area contributed by atoms with E-state index in [2.05, 4.69) is 34.9 Å². The Bertz CT molecular complexity index is 462. The van der Waals surface area contributed by atoms with Gasteiger partial charge in [0.25, 0.3) is 0 Å². The molecule has 4 heteroatoms. The van der Waals surface area contributed by atoms with Crippen molar-refractivity contribution in [3.8, 4) is 0 Å². The maximum Gasteiger partial charge on any atom is 0.315 e. The van der Waals surface area contributed by atoms with Crippen molar-refractivity contribution in [2.75, 3.05) is 13.2 Å². The van der Waals surface area contributed by atoms with Crippen LogP contribution in [-0.4, -0.2) is 30.3 Å². The molecule has 2 rings (SSSR count). The molecule has 0 saturated heterocycles. The van der Waals surface area contributed by atoms with Crippen LogP contribution in [0, 0.1) is 0 Å². The number of hydrogen-bond donors (Lipinski definition) is 3. The zero-order valence-corrected chi connectivity index (χ0v) is 12.8. The molecule has 3 N–H and O–H groups in total. The van der Waals surface area contributed by atoms with E-state index in [-0.39, 0.29) is 18.7 Å². The predicted octanol–water partition coefficient (Wildman–Crippen LogP) is 2.57. The van der Waals surface area contributed by atoms with Crippen molar-refractivity contribution in [1.29, 1.82) is 0 Å². The quantitative estimate of drug-likeness (QED) is 0.754. The summed E-state index contributed by atoms with van der Waals surface area (Å²) >= 11 is 0. The molecule has 0 spiro atoms. The maximum atomic E-state index is 11.9. The van der Waals surface area contributed by atoms with Crippen molar-refractivity contribution in [1.82, 2.24) is 10.6 Å². The highest BCUT2D eigenvalue weighted by molar-refractivity contribution is 5.74. The van der Waals surface area contributed by atoms with E-state index >= 15 is 0 Å². The molecule has 0 radical (unpaired) electrons. The van der Waals surface area contributed by atoms with Gasteiger partial charge in [-0.25, -0.2) is 4.79 Å². The van der Waals surface area contributed by atoms with E-state index in [1.54, 1.807) is 0 Å². The fraction of sp³-hybridized carbons (Fsp3) is 0.588. The number of fused-ring (bicyclic) bond motifs is 1. The molecule has 1 aliphatic rings. The van der Waals surface area contributed by atoms with E-state index in [0.29, 0.717) is 18.9 Å². The smallest absolute Gasteiger partial charge is 0.315 e. The van der Waals surface area contributed by atoms with E-state index in [4.69, 9.17) is 5.11 Å². The van der Waals surface area contributed by atoms with Gasteiger partial charge in [0.15, 0.2) is 0 Å². The van der Waals surface area contributed by atoms with Crippen LogP contribution in [-0.2, 0) is 6.42 Å². The Labute approximate surface area is 126 Å². The fourth-order valence-electron chi connectivity index (χ4n) is 3.05. The van der Waals surface area contributed by atoms with Crippen molar-refractivity contribution in [3.05, 3.63) is 35.4 Å². The normalized spacial score (nSPS) is 18.7. The highest BCUT2D eigenvalue weighted by atomic mass is 16.3. The van der Waals surface area contributed by atoms with Gasteiger partial charge in [-0.3, -0.25) is 0 Å². The van der Waals surface area contributed by atoms with Crippen LogP contribution < -0.4 is 10.6 Å². The SMILES string of the molecule is CCC(CCO)NC(=O)NCC1CCCc2ccccc21. The number of urea groups is 1. The van der Waals surface area contributed by atoms with Crippen LogP contribution >= 0.6 is 0 Å². The Morgan fingerprint density at radius 2 is 2.24 bits per heavy atom. The van der Waals surface area contributed by atoms with Crippen molar-refractivity contribution < 1.29 is 9.90 Å². The summed E-state index contributed by atoms with van der Waals surface area (Å²) in [5.41, 5.74) is 2.80. The summed E-state index contributed by atoms with van der Waals surface area (Å²) in [5.74, 6) is 0.415. The number of aliphatic hydroxyl groups is 1. The largest absolute Gasteiger partial charge is 0.396 e. The molecule has 0 heterocycles. The summed E-state index contributed by atoms with van der Waals surface area (Å²) in [7, 11) is 0. The highest BCUT2D eigenvalue weighted by Gasteiger charge is 2.20. The third kappa shape index (κ3) is 4.46. The molecule has 21 heavy (non-hydrogen) atoms. The summed E-state index contributed by atoms with van der Waals surface area (Å²) in [6.45, 7) is 2.80. The van der Waals surface area contributed by atoms with Gasteiger partial charge in [0.2, 0.25) is 0 Å². The first-order valence-corrected chi connectivity index (χ1v) is 7.97. The molecule has 1 aliphatic carbocycles. The minimum absolute atomic E-state index is 0.0497. The number of amides is 2. The molecule has 116 valence electrons. The molecule has 0 saturated carbocycles. The Kier molecular flexibility index (Phi) is 6.05. The Morgan fingerprint density at radius 3 is 3.00 bits per heavy atom. The summed E-state index contributed by atoms with van der Waals surface area (Å²) in [4.78, 5) is 11.9. The number of aliphatic hydroxyl groups excluding tert-OH is 1. The number of carbonyl (C=O) groups is 1. The predicted molar refractivity (Wildman–Crippen MR) is 84.4 cm³/mol. The molecule has 4 nitrogen and oxygen atoms in total. The van der Waals surface area contributed by atoms with Gasteiger partial charge < -0.3 is 15.7 Å². The van der Waals surface area contributed by atoms with Gasteiger partial charge >= 0.3 is 6.03 Å².